The minimum atomic E-state index is -0.621. The van der Waals surface area contributed by atoms with Crippen LogP contribution >= 0.6 is 11.6 Å². The van der Waals surface area contributed by atoms with Gasteiger partial charge in [0.25, 0.3) is 5.91 Å². The summed E-state index contributed by atoms with van der Waals surface area (Å²) in [6.45, 7) is 5.32. The predicted molar refractivity (Wildman–Crippen MR) is 69.5 cm³/mol. The van der Waals surface area contributed by atoms with Crippen LogP contribution in [-0.2, 0) is 4.79 Å². The molecule has 0 aliphatic rings. The molecule has 18 heavy (non-hydrogen) atoms. The van der Waals surface area contributed by atoms with Gasteiger partial charge in [-0.15, -0.1) is 0 Å². The number of amides is 2. The van der Waals surface area contributed by atoms with Gasteiger partial charge in [-0.2, -0.15) is 0 Å². The van der Waals surface area contributed by atoms with Crippen LogP contribution in [0.2, 0.25) is 5.02 Å². The third-order valence-electron chi connectivity index (χ3n) is 2.19. The van der Waals surface area contributed by atoms with Gasteiger partial charge in [-0.05, 0) is 26.8 Å². The lowest BCUT2D eigenvalue weighted by atomic mass is 10.2. The molecule has 1 rings (SSSR count). The van der Waals surface area contributed by atoms with Crippen molar-refractivity contribution in [2.75, 3.05) is 0 Å². The Morgan fingerprint density at radius 3 is 2.50 bits per heavy atom. The summed E-state index contributed by atoms with van der Waals surface area (Å²) in [5.74, 6) is -0.627. The van der Waals surface area contributed by atoms with Crippen LogP contribution in [0.1, 0.15) is 31.1 Å². The highest BCUT2D eigenvalue weighted by atomic mass is 35.5. The van der Waals surface area contributed by atoms with Gasteiger partial charge in [-0.3, -0.25) is 14.6 Å². The van der Waals surface area contributed by atoms with E-state index in [1.165, 1.54) is 18.5 Å². The van der Waals surface area contributed by atoms with Crippen LogP contribution in [0.3, 0.4) is 0 Å². The molecule has 1 unspecified atom stereocenters. The van der Waals surface area contributed by atoms with E-state index in [0.29, 0.717) is 5.56 Å². The number of carbonyl (C=O) groups is 2. The maximum absolute atomic E-state index is 11.9. The molecule has 6 heteroatoms. The summed E-state index contributed by atoms with van der Waals surface area (Å²) in [6.07, 6.45) is 2.86. The molecule has 1 aromatic heterocycles. The maximum Gasteiger partial charge on any atom is 0.253 e. The Kier molecular flexibility index (Phi) is 5.09. The van der Waals surface area contributed by atoms with Crippen molar-refractivity contribution >= 4 is 23.4 Å². The molecule has 2 N–H and O–H groups in total. The first-order valence-corrected chi connectivity index (χ1v) is 6.00. The van der Waals surface area contributed by atoms with E-state index in [9.17, 15) is 9.59 Å². The van der Waals surface area contributed by atoms with Gasteiger partial charge in [-0.1, -0.05) is 11.6 Å². The van der Waals surface area contributed by atoms with Crippen LogP contribution in [0.15, 0.2) is 18.5 Å². The second-order valence-electron chi connectivity index (χ2n) is 4.21. The Bertz CT molecular complexity index is 449. The summed E-state index contributed by atoms with van der Waals surface area (Å²) in [5, 5.41) is 5.55. The molecule has 0 radical (unpaired) electrons. The van der Waals surface area contributed by atoms with E-state index in [-0.39, 0.29) is 17.0 Å². The lowest BCUT2D eigenvalue weighted by Gasteiger charge is -2.16. The van der Waals surface area contributed by atoms with Crippen LogP contribution in [0.4, 0.5) is 0 Å². The van der Waals surface area contributed by atoms with Gasteiger partial charge < -0.3 is 10.6 Å². The Labute approximate surface area is 111 Å². The van der Waals surface area contributed by atoms with Crippen LogP contribution in [0.25, 0.3) is 0 Å². The van der Waals surface area contributed by atoms with E-state index < -0.39 is 11.9 Å². The smallest absolute Gasteiger partial charge is 0.253 e. The fourth-order valence-electron chi connectivity index (χ4n) is 1.31. The molecule has 0 bridgehead atoms. The molecule has 1 atom stereocenters. The summed E-state index contributed by atoms with van der Waals surface area (Å²) < 4.78 is 0. The van der Waals surface area contributed by atoms with Crippen molar-refractivity contribution in [2.24, 2.45) is 0 Å². The minimum Gasteiger partial charge on any atom is -0.352 e. The highest BCUT2D eigenvalue weighted by molar-refractivity contribution is 6.33. The molecule has 98 valence electrons. The van der Waals surface area contributed by atoms with Gasteiger partial charge in [0.2, 0.25) is 5.91 Å². The third kappa shape index (κ3) is 4.00. The van der Waals surface area contributed by atoms with Gasteiger partial charge in [0.1, 0.15) is 6.04 Å². The second-order valence-corrected chi connectivity index (χ2v) is 4.62. The van der Waals surface area contributed by atoms with Crippen molar-refractivity contribution in [3.05, 3.63) is 29.0 Å². The van der Waals surface area contributed by atoms with E-state index in [2.05, 4.69) is 15.6 Å². The van der Waals surface area contributed by atoms with Gasteiger partial charge in [0, 0.05) is 18.4 Å². The van der Waals surface area contributed by atoms with E-state index in [1.54, 1.807) is 6.92 Å². The Balaban J connectivity index is 2.65. The van der Waals surface area contributed by atoms with Gasteiger partial charge >= 0.3 is 0 Å². The number of nitrogens with zero attached hydrogens (tertiary/aromatic N) is 1. The molecule has 0 fully saturated rings. The van der Waals surface area contributed by atoms with E-state index in [4.69, 9.17) is 11.6 Å². The summed E-state index contributed by atoms with van der Waals surface area (Å²) in [7, 11) is 0. The summed E-state index contributed by atoms with van der Waals surface area (Å²) >= 11 is 5.84. The summed E-state index contributed by atoms with van der Waals surface area (Å²) in [6, 6.07) is 0.913. The standard InChI is InChI=1S/C12H16ClN3O2/c1-7(2)15-11(17)8(3)16-12(18)9-4-5-14-6-10(9)13/h4-8H,1-3H3,(H,15,17)(H,16,18). The quantitative estimate of drug-likeness (QED) is 0.867. The summed E-state index contributed by atoms with van der Waals surface area (Å²) in [4.78, 5) is 27.3. The van der Waals surface area contributed by atoms with Gasteiger partial charge in [0.05, 0.1) is 10.6 Å². The average molecular weight is 270 g/mol. The van der Waals surface area contributed by atoms with Gasteiger partial charge in [0.15, 0.2) is 0 Å². The fraction of sp³-hybridized carbons (Fsp3) is 0.417. The summed E-state index contributed by atoms with van der Waals surface area (Å²) in [5.41, 5.74) is 0.302. The Hall–Kier alpha value is -1.62. The molecule has 0 aromatic carbocycles. The molecule has 0 saturated carbocycles. The van der Waals surface area contributed by atoms with Crippen LogP contribution in [0, 0.1) is 0 Å². The zero-order valence-electron chi connectivity index (χ0n) is 10.5. The highest BCUT2D eigenvalue weighted by Crippen LogP contribution is 2.13. The van der Waals surface area contributed by atoms with Crippen LogP contribution in [-0.4, -0.2) is 28.9 Å². The monoisotopic (exact) mass is 269 g/mol. The van der Waals surface area contributed by atoms with Crippen molar-refractivity contribution in [3.63, 3.8) is 0 Å². The molecule has 2 amide bonds. The normalized spacial score (nSPS) is 12.1. The predicted octanol–water partition coefficient (Wildman–Crippen LogP) is 1.38. The first-order chi connectivity index (χ1) is 8.41. The molecular formula is C12H16ClN3O2. The lowest BCUT2D eigenvalue weighted by molar-refractivity contribution is -0.123. The second kappa shape index (κ2) is 6.35. The molecule has 5 nitrogen and oxygen atoms in total. The Morgan fingerprint density at radius 2 is 1.94 bits per heavy atom. The fourth-order valence-corrected chi connectivity index (χ4v) is 1.51. The van der Waals surface area contributed by atoms with E-state index in [1.807, 2.05) is 13.8 Å². The molecule has 0 aliphatic heterocycles. The number of hydrogen-bond donors (Lipinski definition) is 2. The topological polar surface area (TPSA) is 71.1 Å². The van der Waals surface area contributed by atoms with Crippen LogP contribution in [0.5, 0.6) is 0 Å². The molecule has 0 spiro atoms. The third-order valence-corrected chi connectivity index (χ3v) is 2.49. The number of carbonyl (C=O) groups excluding carboxylic acids is 2. The zero-order valence-corrected chi connectivity index (χ0v) is 11.3. The van der Waals surface area contributed by atoms with Crippen molar-refractivity contribution < 1.29 is 9.59 Å². The first-order valence-electron chi connectivity index (χ1n) is 5.62. The SMILES string of the molecule is CC(C)NC(=O)C(C)NC(=O)c1ccncc1Cl. The van der Waals surface area contributed by atoms with Crippen molar-refractivity contribution in [1.29, 1.82) is 0 Å². The number of nitrogens with one attached hydrogen (secondary N) is 2. The van der Waals surface area contributed by atoms with Crippen LogP contribution < -0.4 is 10.6 Å². The number of pyridine rings is 1. The lowest BCUT2D eigenvalue weighted by Crippen LogP contribution is -2.46. The molecule has 0 aliphatic carbocycles. The van der Waals surface area contributed by atoms with E-state index in [0.717, 1.165) is 0 Å². The minimum absolute atomic E-state index is 0.0290. The average Bonchev–Trinajstić information content (AvgIpc) is 2.28. The Morgan fingerprint density at radius 1 is 1.28 bits per heavy atom. The number of aromatic nitrogens is 1. The van der Waals surface area contributed by atoms with Crippen molar-refractivity contribution in [3.8, 4) is 0 Å². The molecule has 0 saturated heterocycles. The maximum atomic E-state index is 11.9. The number of hydrogen-bond acceptors (Lipinski definition) is 3. The molecule has 1 heterocycles. The largest absolute Gasteiger partial charge is 0.352 e. The van der Waals surface area contributed by atoms with Crippen molar-refractivity contribution in [1.82, 2.24) is 15.6 Å². The zero-order chi connectivity index (χ0) is 13.7. The van der Waals surface area contributed by atoms with Gasteiger partial charge in [-0.25, -0.2) is 0 Å². The highest BCUT2D eigenvalue weighted by Gasteiger charge is 2.18. The number of halogens is 1. The number of rotatable bonds is 4. The molecule has 1 aromatic rings. The molecular weight excluding hydrogens is 254 g/mol. The first kappa shape index (κ1) is 14.4. The van der Waals surface area contributed by atoms with E-state index >= 15 is 0 Å². The van der Waals surface area contributed by atoms with Crippen molar-refractivity contribution in [2.45, 2.75) is 32.9 Å².